The minimum absolute atomic E-state index is 0.0930. The first-order valence-electron chi connectivity index (χ1n) is 14.5. The van der Waals surface area contributed by atoms with Gasteiger partial charge in [0.15, 0.2) is 0 Å². The van der Waals surface area contributed by atoms with Crippen LogP contribution in [0.1, 0.15) is 37.4 Å². The fourth-order valence-electron chi connectivity index (χ4n) is 5.58. The zero-order chi connectivity index (χ0) is 28.3. The highest BCUT2D eigenvalue weighted by molar-refractivity contribution is 7.96. The Bertz CT molecular complexity index is 1580. The molecule has 0 saturated heterocycles. The Morgan fingerprint density at radius 3 is 1.63 bits per heavy atom. The molecular weight excluding hydrogens is 561 g/mol. The second-order valence-corrected chi connectivity index (χ2v) is 12.9. The molecule has 2 aliphatic rings. The fourth-order valence-corrected chi connectivity index (χ4v) is 8.39. The van der Waals surface area contributed by atoms with Crippen LogP contribution in [-0.4, -0.2) is 37.9 Å². The number of anilines is 2. The van der Waals surface area contributed by atoms with Crippen LogP contribution < -0.4 is 14.5 Å². The molecule has 1 aliphatic carbocycles. The van der Waals surface area contributed by atoms with Crippen LogP contribution in [0.15, 0.2) is 89.3 Å². The molecule has 1 unspecified atom stereocenters. The Hall–Kier alpha value is -3.10. The van der Waals surface area contributed by atoms with E-state index in [1.54, 1.807) is 0 Å². The first kappa shape index (κ1) is 28.0. The summed E-state index contributed by atoms with van der Waals surface area (Å²) in [5, 5.41) is 0. The second kappa shape index (κ2) is 12.4. The van der Waals surface area contributed by atoms with Crippen LogP contribution in [0.3, 0.4) is 0 Å². The van der Waals surface area contributed by atoms with Gasteiger partial charge in [-0.3, -0.25) is 0 Å². The van der Waals surface area contributed by atoms with E-state index in [0.717, 1.165) is 31.9 Å². The summed E-state index contributed by atoms with van der Waals surface area (Å²) in [6.07, 6.45) is 4.55. The van der Waals surface area contributed by atoms with Gasteiger partial charge in [-0.2, -0.15) is 0 Å². The van der Waals surface area contributed by atoms with Gasteiger partial charge in [0, 0.05) is 62.6 Å². The molecule has 2 aromatic carbocycles. The van der Waals surface area contributed by atoms with Gasteiger partial charge < -0.3 is 9.80 Å². The lowest BCUT2D eigenvalue weighted by molar-refractivity contribution is 0.866. The van der Waals surface area contributed by atoms with E-state index in [9.17, 15) is 0 Å². The Morgan fingerprint density at radius 2 is 1.10 bits per heavy atom. The summed E-state index contributed by atoms with van der Waals surface area (Å²) in [7, 11) is 0. The van der Waals surface area contributed by atoms with E-state index in [1.165, 1.54) is 65.3 Å². The van der Waals surface area contributed by atoms with E-state index in [0.29, 0.717) is 0 Å². The van der Waals surface area contributed by atoms with E-state index in [4.69, 9.17) is 4.40 Å². The standard InChI is InChI=1S/C34H36N4S3/c1-5-37(6-2)25-13-9-23(10-14-25)29-19-21-31(39-29)27-17-18-28(34-33(27)35-41-36-34)32-22-20-30(40-32)24-11-15-26(16-12-24)38(7-3)8-4/h9-22,33,35H,5-8H2,1-4H3. The summed E-state index contributed by atoms with van der Waals surface area (Å²) in [4.78, 5) is 9.88. The van der Waals surface area contributed by atoms with Gasteiger partial charge in [0.2, 0.25) is 0 Å². The molecule has 1 atom stereocenters. The number of hydrogen-bond donors (Lipinski definition) is 1. The van der Waals surface area contributed by atoms with E-state index in [-0.39, 0.29) is 6.04 Å². The Balaban J connectivity index is 1.24. The predicted molar refractivity (Wildman–Crippen MR) is 185 cm³/mol. The molecule has 7 heteroatoms. The van der Waals surface area contributed by atoms with Crippen LogP contribution in [0.25, 0.3) is 32.0 Å². The molecule has 0 radical (unpaired) electrons. The zero-order valence-corrected chi connectivity index (χ0v) is 26.5. The van der Waals surface area contributed by atoms with Crippen LogP contribution in [0.2, 0.25) is 0 Å². The smallest absolute Gasteiger partial charge is 0.0887 e. The number of allylic oxidation sites excluding steroid dienone is 2. The number of hydrogen-bond acceptors (Lipinski definition) is 7. The largest absolute Gasteiger partial charge is 0.372 e. The first-order chi connectivity index (χ1) is 20.1. The molecule has 2 aromatic heterocycles. The number of nitrogens with one attached hydrogen (secondary N) is 1. The van der Waals surface area contributed by atoms with Gasteiger partial charge in [0.1, 0.15) is 0 Å². The van der Waals surface area contributed by atoms with Crippen molar-refractivity contribution in [2.45, 2.75) is 33.7 Å². The third-order valence-corrected chi connectivity index (χ3v) is 10.9. The third kappa shape index (κ3) is 5.56. The lowest BCUT2D eigenvalue weighted by Gasteiger charge is -2.21. The molecule has 41 heavy (non-hydrogen) atoms. The van der Waals surface area contributed by atoms with E-state index < -0.39 is 0 Å². The summed E-state index contributed by atoms with van der Waals surface area (Å²) in [5.41, 5.74) is 8.72. The third-order valence-electron chi connectivity index (χ3n) is 7.93. The van der Waals surface area contributed by atoms with Crippen molar-refractivity contribution < 1.29 is 0 Å². The minimum Gasteiger partial charge on any atom is -0.372 e. The van der Waals surface area contributed by atoms with Gasteiger partial charge in [-0.1, -0.05) is 36.4 Å². The van der Waals surface area contributed by atoms with Crippen molar-refractivity contribution >= 4 is 63.0 Å². The van der Waals surface area contributed by atoms with E-state index in [1.807, 2.05) is 22.7 Å². The number of nitrogens with zero attached hydrogens (tertiary/aromatic N) is 3. The maximum Gasteiger partial charge on any atom is 0.0887 e. The van der Waals surface area contributed by atoms with Gasteiger partial charge in [-0.05, 0) is 92.9 Å². The summed E-state index contributed by atoms with van der Waals surface area (Å²) >= 11 is 5.15. The van der Waals surface area contributed by atoms with Crippen molar-refractivity contribution in [2.24, 2.45) is 4.40 Å². The normalized spacial score (nSPS) is 16.2. The zero-order valence-electron chi connectivity index (χ0n) is 24.1. The molecule has 0 amide bonds. The van der Waals surface area contributed by atoms with E-state index >= 15 is 0 Å². The fraction of sp³-hybridized carbons (Fsp3) is 0.265. The van der Waals surface area contributed by atoms with Crippen molar-refractivity contribution in [3.05, 3.63) is 94.7 Å². The van der Waals surface area contributed by atoms with E-state index in [2.05, 4.69) is 127 Å². The first-order valence-corrected chi connectivity index (χ1v) is 16.9. The molecule has 1 aliphatic heterocycles. The summed E-state index contributed by atoms with van der Waals surface area (Å²) in [5.74, 6) is 0. The second-order valence-electron chi connectivity index (χ2n) is 10.1. The monoisotopic (exact) mass is 596 g/mol. The Morgan fingerprint density at radius 1 is 0.610 bits per heavy atom. The summed E-state index contributed by atoms with van der Waals surface area (Å²) in [6.45, 7) is 12.9. The average Bonchev–Trinajstić information content (AvgIpc) is 3.80. The maximum atomic E-state index is 4.84. The molecule has 6 rings (SSSR count). The van der Waals surface area contributed by atoms with Crippen LogP contribution in [0.5, 0.6) is 0 Å². The quantitative estimate of drug-likeness (QED) is 0.185. The van der Waals surface area contributed by atoms with Crippen LogP contribution >= 0.6 is 34.8 Å². The van der Waals surface area contributed by atoms with Crippen LogP contribution in [-0.2, 0) is 0 Å². The van der Waals surface area contributed by atoms with Crippen LogP contribution in [0.4, 0.5) is 11.4 Å². The van der Waals surface area contributed by atoms with Crippen molar-refractivity contribution in [3.63, 3.8) is 0 Å². The summed E-state index contributed by atoms with van der Waals surface area (Å²) < 4.78 is 8.40. The van der Waals surface area contributed by atoms with Gasteiger partial charge >= 0.3 is 0 Å². The Labute approximate surface area is 256 Å². The summed E-state index contributed by atoms with van der Waals surface area (Å²) in [6, 6.07) is 27.0. The lowest BCUT2D eigenvalue weighted by atomic mass is 9.90. The maximum absolute atomic E-state index is 4.84. The van der Waals surface area contributed by atoms with Crippen LogP contribution in [0, 0.1) is 0 Å². The van der Waals surface area contributed by atoms with Gasteiger partial charge in [-0.15, -0.1) is 22.7 Å². The molecule has 0 saturated carbocycles. The average molecular weight is 597 g/mol. The molecule has 0 spiro atoms. The topological polar surface area (TPSA) is 30.9 Å². The minimum atomic E-state index is 0.0930. The highest BCUT2D eigenvalue weighted by Crippen LogP contribution is 2.42. The van der Waals surface area contributed by atoms with Gasteiger partial charge in [0.05, 0.1) is 23.9 Å². The highest BCUT2D eigenvalue weighted by atomic mass is 32.2. The molecule has 210 valence electrons. The SMILES string of the molecule is CCN(CC)c1ccc(-c2ccc(C3=CC=C(c4ccc(-c5ccc(N(CC)CC)cc5)s4)C4NSN=C34)s2)cc1. The number of thiophene rings is 2. The molecule has 4 nitrogen and oxygen atoms in total. The number of fused-ring (bicyclic) bond motifs is 1. The molecule has 0 fully saturated rings. The molecule has 0 bridgehead atoms. The van der Waals surface area contributed by atoms with Crippen molar-refractivity contribution in [2.75, 3.05) is 36.0 Å². The Kier molecular flexibility index (Phi) is 8.49. The van der Waals surface area contributed by atoms with Crippen molar-refractivity contribution in [1.82, 2.24) is 4.72 Å². The highest BCUT2D eigenvalue weighted by Gasteiger charge is 2.33. The predicted octanol–water partition coefficient (Wildman–Crippen LogP) is 9.29. The van der Waals surface area contributed by atoms with Gasteiger partial charge in [0.25, 0.3) is 0 Å². The number of benzene rings is 2. The van der Waals surface area contributed by atoms with Gasteiger partial charge in [-0.25, -0.2) is 9.12 Å². The van der Waals surface area contributed by atoms with Crippen molar-refractivity contribution in [3.8, 4) is 20.9 Å². The molecular formula is C34H36N4S3. The molecule has 4 aromatic rings. The molecule has 1 N–H and O–H groups in total. The molecule has 3 heterocycles. The lowest BCUT2D eigenvalue weighted by Crippen LogP contribution is -2.31. The van der Waals surface area contributed by atoms with Crippen molar-refractivity contribution in [1.29, 1.82) is 0 Å². The number of rotatable bonds is 10.